The average Bonchev–Trinajstić information content (AvgIpc) is 2.92. The van der Waals surface area contributed by atoms with E-state index >= 15 is 0 Å². The summed E-state index contributed by atoms with van der Waals surface area (Å²) >= 11 is 0. The number of nitrogens with zero attached hydrogens (tertiary/aromatic N) is 2. The van der Waals surface area contributed by atoms with Gasteiger partial charge in [-0.1, -0.05) is 17.3 Å². The normalized spacial score (nSPS) is 25.4. The molecule has 2 aliphatic heterocycles. The maximum absolute atomic E-state index is 13.0. The average molecular weight is 290 g/mol. The van der Waals surface area contributed by atoms with Crippen LogP contribution in [0.15, 0.2) is 29.4 Å². The van der Waals surface area contributed by atoms with Gasteiger partial charge in [0, 0.05) is 19.5 Å². The Kier molecular flexibility index (Phi) is 3.66. The molecule has 0 N–H and O–H groups in total. The smallest absolute Gasteiger partial charge is 0.269 e. The van der Waals surface area contributed by atoms with Crippen molar-refractivity contribution in [3.63, 3.8) is 0 Å². The highest BCUT2D eigenvalue weighted by molar-refractivity contribution is 6.05. The zero-order chi connectivity index (χ0) is 14.9. The van der Waals surface area contributed by atoms with E-state index in [2.05, 4.69) is 5.16 Å². The number of benzene rings is 1. The molecule has 0 aliphatic carbocycles. The van der Waals surface area contributed by atoms with E-state index in [4.69, 9.17) is 4.84 Å². The van der Waals surface area contributed by atoms with Crippen LogP contribution >= 0.6 is 0 Å². The van der Waals surface area contributed by atoms with E-state index in [1.54, 1.807) is 19.1 Å². The Morgan fingerprint density at radius 1 is 1.24 bits per heavy atom. The van der Waals surface area contributed by atoms with E-state index in [0.717, 1.165) is 31.5 Å². The minimum absolute atomic E-state index is 0.00283. The standard InChI is InChI=1S/C16H19FN2O2/c1-16(15(20)19-9-3-2-4-10-19)11-14(18-21-16)12-5-7-13(17)8-6-12/h5-8H,2-4,9-11H2,1H3/t16-/m1/s1. The lowest BCUT2D eigenvalue weighted by Gasteiger charge is -2.32. The number of halogens is 1. The van der Waals surface area contributed by atoms with E-state index < -0.39 is 5.60 Å². The first-order chi connectivity index (χ1) is 10.1. The number of hydrogen-bond donors (Lipinski definition) is 0. The van der Waals surface area contributed by atoms with E-state index in [-0.39, 0.29) is 11.7 Å². The highest BCUT2D eigenvalue weighted by Crippen LogP contribution is 2.29. The molecule has 112 valence electrons. The highest BCUT2D eigenvalue weighted by atomic mass is 19.1. The molecule has 0 radical (unpaired) electrons. The van der Waals surface area contributed by atoms with Crippen molar-refractivity contribution >= 4 is 11.6 Å². The van der Waals surface area contributed by atoms with E-state index in [9.17, 15) is 9.18 Å². The molecule has 1 aromatic rings. The molecule has 2 aliphatic rings. The summed E-state index contributed by atoms with van der Waals surface area (Å²) in [6, 6.07) is 6.10. The number of oxime groups is 1. The molecule has 1 atom stereocenters. The Bertz CT molecular complexity index is 564. The molecule has 1 fully saturated rings. The van der Waals surface area contributed by atoms with Crippen LogP contribution in [0, 0.1) is 5.82 Å². The lowest BCUT2D eigenvalue weighted by Crippen LogP contribution is -2.49. The van der Waals surface area contributed by atoms with Crippen molar-refractivity contribution in [3.05, 3.63) is 35.6 Å². The van der Waals surface area contributed by atoms with Gasteiger partial charge >= 0.3 is 0 Å². The van der Waals surface area contributed by atoms with Crippen LogP contribution in [0.25, 0.3) is 0 Å². The summed E-state index contributed by atoms with van der Waals surface area (Å²) < 4.78 is 13.0. The molecule has 1 saturated heterocycles. The van der Waals surface area contributed by atoms with Crippen LogP contribution in [-0.4, -0.2) is 35.2 Å². The predicted octanol–water partition coefficient (Wildman–Crippen LogP) is 2.72. The quantitative estimate of drug-likeness (QED) is 0.840. The number of piperidine rings is 1. The second kappa shape index (κ2) is 5.47. The minimum Gasteiger partial charge on any atom is -0.379 e. The van der Waals surface area contributed by atoms with Crippen LogP contribution in [0.3, 0.4) is 0 Å². The molecule has 1 aromatic carbocycles. The summed E-state index contributed by atoms with van der Waals surface area (Å²) in [4.78, 5) is 19.9. The third kappa shape index (κ3) is 2.77. The number of carbonyl (C=O) groups excluding carboxylic acids is 1. The Hall–Kier alpha value is -1.91. The third-order valence-electron chi connectivity index (χ3n) is 4.14. The third-order valence-corrected chi connectivity index (χ3v) is 4.14. The summed E-state index contributed by atoms with van der Waals surface area (Å²) in [5, 5.41) is 4.05. The van der Waals surface area contributed by atoms with Crippen molar-refractivity contribution in [2.24, 2.45) is 5.16 Å². The Morgan fingerprint density at radius 2 is 1.90 bits per heavy atom. The fraction of sp³-hybridized carbons (Fsp3) is 0.500. The molecular weight excluding hydrogens is 271 g/mol. The maximum atomic E-state index is 13.0. The first kappa shape index (κ1) is 14.0. The van der Waals surface area contributed by atoms with Crippen LogP contribution in [0.2, 0.25) is 0 Å². The molecule has 0 aromatic heterocycles. The van der Waals surface area contributed by atoms with Gasteiger partial charge in [0.05, 0.1) is 5.71 Å². The second-order valence-electron chi connectivity index (χ2n) is 5.90. The second-order valence-corrected chi connectivity index (χ2v) is 5.90. The van der Waals surface area contributed by atoms with E-state index in [1.807, 2.05) is 4.90 Å². The predicted molar refractivity (Wildman–Crippen MR) is 77.5 cm³/mol. The van der Waals surface area contributed by atoms with Crippen molar-refractivity contribution in [2.45, 2.75) is 38.2 Å². The molecule has 1 amide bonds. The number of likely N-dealkylation sites (tertiary alicyclic amines) is 1. The Morgan fingerprint density at radius 3 is 2.57 bits per heavy atom. The van der Waals surface area contributed by atoms with Crippen LogP contribution in [0.4, 0.5) is 4.39 Å². The van der Waals surface area contributed by atoms with Gasteiger partial charge in [-0.25, -0.2) is 4.39 Å². The monoisotopic (exact) mass is 290 g/mol. The van der Waals surface area contributed by atoms with Gasteiger partial charge in [-0.05, 0) is 43.9 Å². The molecule has 4 nitrogen and oxygen atoms in total. The first-order valence-electron chi connectivity index (χ1n) is 7.39. The Balaban J connectivity index is 1.71. The van der Waals surface area contributed by atoms with Crippen molar-refractivity contribution in [1.29, 1.82) is 0 Å². The van der Waals surface area contributed by atoms with Gasteiger partial charge in [0.25, 0.3) is 5.91 Å². The molecule has 2 heterocycles. The van der Waals surface area contributed by atoms with Crippen molar-refractivity contribution in [3.8, 4) is 0 Å². The molecule has 0 bridgehead atoms. The molecule has 5 heteroatoms. The van der Waals surface area contributed by atoms with Gasteiger partial charge in [0.2, 0.25) is 5.60 Å². The van der Waals surface area contributed by atoms with Gasteiger partial charge in [0.15, 0.2) is 0 Å². The van der Waals surface area contributed by atoms with Gasteiger partial charge in [-0.3, -0.25) is 4.79 Å². The van der Waals surface area contributed by atoms with E-state index in [0.29, 0.717) is 12.1 Å². The van der Waals surface area contributed by atoms with E-state index in [1.165, 1.54) is 18.6 Å². The van der Waals surface area contributed by atoms with Crippen LogP contribution < -0.4 is 0 Å². The molecular formula is C16H19FN2O2. The SMILES string of the molecule is C[C@]1(C(=O)N2CCCCC2)CC(c2ccc(F)cc2)=NO1. The summed E-state index contributed by atoms with van der Waals surface area (Å²) in [6.07, 6.45) is 3.70. The molecule has 21 heavy (non-hydrogen) atoms. The first-order valence-corrected chi connectivity index (χ1v) is 7.39. The zero-order valence-corrected chi connectivity index (χ0v) is 12.1. The molecule has 0 spiro atoms. The Labute approximate surface area is 123 Å². The topological polar surface area (TPSA) is 41.9 Å². The summed E-state index contributed by atoms with van der Waals surface area (Å²) in [6.45, 7) is 3.37. The lowest BCUT2D eigenvalue weighted by atomic mass is 9.94. The fourth-order valence-electron chi connectivity index (χ4n) is 2.88. The van der Waals surface area contributed by atoms with Gasteiger partial charge < -0.3 is 9.74 Å². The summed E-state index contributed by atoms with van der Waals surface area (Å²) in [7, 11) is 0. The number of carbonyl (C=O) groups is 1. The van der Waals surface area contributed by atoms with Gasteiger partial charge in [-0.15, -0.1) is 0 Å². The number of hydrogen-bond acceptors (Lipinski definition) is 3. The number of amides is 1. The summed E-state index contributed by atoms with van der Waals surface area (Å²) in [5.74, 6) is -0.284. The highest BCUT2D eigenvalue weighted by Gasteiger charge is 2.44. The van der Waals surface area contributed by atoms with Crippen LogP contribution in [0.5, 0.6) is 0 Å². The van der Waals surface area contributed by atoms with Crippen LogP contribution in [0.1, 0.15) is 38.2 Å². The molecule has 0 unspecified atom stereocenters. The lowest BCUT2D eigenvalue weighted by molar-refractivity contribution is -0.154. The van der Waals surface area contributed by atoms with Crippen molar-refractivity contribution < 1.29 is 14.0 Å². The maximum Gasteiger partial charge on any atom is 0.269 e. The zero-order valence-electron chi connectivity index (χ0n) is 12.1. The van der Waals surface area contributed by atoms with Gasteiger partial charge in [0.1, 0.15) is 5.82 Å². The summed E-state index contributed by atoms with van der Waals surface area (Å²) in [5.41, 5.74) is 0.565. The molecule has 0 saturated carbocycles. The minimum atomic E-state index is -0.930. The van der Waals surface area contributed by atoms with Crippen LogP contribution in [-0.2, 0) is 9.63 Å². The fourth-order valence-corrected chi connectivity index (χ4v) is 2.88. The van der Waals surface area contributed by atoms with Crippen molar-refractivity contribution in [2.75, 3.05) is 13.1 Å². The molecule has 3 rings (SSSR count). The van der Waals surface area contributed by atoms with Gasteiger partial charge in [-0.2, -0.15) is 0 Å². The number of rotatable bonds is 2. The largest absolute Gasteiger partial charge is 0.379 e. The van der Waals surface area contributed by atoms with Crippen molar-refractivity contribution in [1.82, 2.24) is 4.90 Å².